The molecule has 0 saturated carbocycles. The van der Waals surface area contributed by atoms with Crippen molar-refractivity contribution in [3.63, 3.8) is 0 Å². The van der Waals surface area contributed by atoms with Gasteiger partial charge < -0.3 is 19.7 Å². The summed E-state index contributed by atoms with van der Waals surface area (Å²) in [5, 5.41) is 3.00. The summed E-state index contributed by atoms with van der Waals surface area (Å²) in [5.41, 5.74) is 2.15. The number of nitrogens with one attached hydrogen (secondary N) is 1. The van der Waals surface area contributed by atoms with E-state index >= 15 is 0 Å². The summed E-state index contributed by atoms with van der Waals surface area (Å²) in [6.45, 7) is 6.09. The van der Waals surface area contributed by atoms with Crippen molar-refractivity contribution in [1.82, 2.24) is 9.80 Å². The van der Waals surface area contributed by atoms with E-state index in [1.165, 1.54) is 18.4 Å². The van der Waals surface area contributed by atoms with Crippen molar-refractivity contribution in [2.24, 2.45) is 5.92 Å². The fraction of sp³-hybridized carbons (Fsp3) is 0.632. The molecule has 1 aromatic carbocycles. The van der Waals surface area contributed by atoms with Gasteiger partial charge in [-0.2, -0.15) is 0 Å². The molecule has 2 amide bonds. The molecule has 1 N–H and O–H groups in total. The quantitative estimate of drug-likeness (QED) is 0.891. The molecular weight excluding hydrogens is 318 g/mol. The Morgan fingerprint density at radius 1 is 1.12 bits per heavy atom. The van der Waals surface area contributed by atoms with Gasteiger partial charge in [0.15, 0.2) is 6.29 Å². The molecule has 0 atom stereocenters. The number of urea groups is 1. The van der Waals surface area contributed by atoms with Crippen LogP contribution in [-0.4, -0.2) is 61.5 Å². The molecule has 2 fully saturated rings. The lowest BCUT2D eigenvalue weighted by Gasteiger charge is -2.35. The van der Waals surface area contributed by atoms with Crippen LogP contribution in [0.15, 0.2) is 24.3 Å². The Kier molecular flexibility index (Phi) is 5.20. The highest BCUT2D eigenvalue weighted by molar-refractivity contribution is 5.92. The zero-order valence-corrected chi connectivity index (χ0v) is 14.7. The van der Waals surface area contributed by atoms with Crippen LogP contribution in [0.1, 0.15) is 24.8 Å². The van der Waals surface area contributed by atoms with Crippen LogP contribution in [0.3, 0.4) is 0 Å². The second-order valence-electron chi connectivity index (χ2n) is 7.21. The Bertz CT molecular complexity index is 595. The van der Waals surface area contributed by atoms with Crippen LogP contribution in [0.5, 0.6) is 0 Å². The summed E-state index contributed by atoms with van der Waals surface area (Å²) in [7, 11) is 0. The smallest absolute Gasteiger partial charge is 0.322 e. The lowest BCUT2D eigenvalue weighted by atomic mass is 9.93. The highest BCUT2D eigenvalue weighted by Crippen LogP contribution is 2.25. The van der Waals surface area contributed by atoms with E-state index in [1.54, 1.807) is 0 Å². The van der Waals surface area contributed by atoms with Crippen LogP contribution in [0.2, 0.25) is 0 Å². The van der Waals surface area contributed by atoms with Crippen molar-refractivity contribution >= 4 is 11.7 Å². The molecule has 4 rings (SSSR count). The summed E-state index contributed by atoms with van der Waals surface area (Å²) < 4.78 is 11.1. The Morgan fingerprint density at radius 2 is 1.88 bits per heavy atom. The first kappa shape index (κ1) is 16.8. The summed E-state index contributed by atoms with van der Waals surface area (Å²) in [6, 6.07) is 8.09. The normalized spacial score (nSPS) is 22.9. The van der Waals surface area contributed by atoms with E-state index in [9.17, 15) is 4.79 Å². The highest BCUT2D eigenvalue weighted by atomic mass is 16.7. The molecule has 6 heteroatoms. The van der Waals surface area contributed by atoms with E-state index in [4.69, 9.17) is 9.47 Å². The first-order valence-corrected chi connectivity index (χ1v) is 9.37. The molecule has 3 heterocycles. The third kappa shape index (κ3) is 4.14. The van der Waals surface area contributed by atoms with Gasteiger partial charge in [0.25, 0.3) is 0 Å². The zero-order valence-electron chi connectivity index (χ0n) is 14.7. The van der Waals surface area contributed by atoms with Gasteiger partial charge >= 0.3 is 6.03 Å². The fourth-order valence-corrected chi connectivity index (χ4v) is 3.95. The molecule has 0 aliphatic carbocycles. The minimum absolute atomic E-state index is 0.0336. The van der Waals surface area contributed by atoms with Crippen molar-refractivity contribution in [2.45, 2.75) is 32.1 Å². The van der Waals surface area contributed by atoms with Crippen molar-refractivity contribution < 1.29 is 14.3 Å². The van der Waals surface area contributed by atoms with Gasteiger partial charge in [0.1, 0.15) is 0 Å². The number of piperidine rings is 1. The molecule has 25 heavy (non-hydrogen) atoms. The second-order valence-corrected chi connectivity index (χ2v) is 7.21. The number of hydrogen-bond donors (Lipinski definition) is 1. The number of hydrogen-bond acceptors (Lipinski definition) is 4. The average molecular weight is 345 g/mol. The van der Waals surface area contributed by atoms with E-state index in [-0.39, 0.29) is 12.3 Å². The third-order valence-electron chi connectivity index (χ3n) is 5.52. The van der Waals surface area contributed by atoms with Crippen molar-refractivity contribution in [3.8, 4) is 0 Å². The molecule has 136 valence electrons. The van der Waals surface area contributed by atoms with E-state index < -0.39 is 0 Å². The molecule has 2 saturated heterocycles. The predicted molar refractivity (Wildman–Crippen MR) is 95.3 cm³/mol. The Hall–Kier alpha value is -1.63. The molecule has 3 aliphatic rings. The number of para-hydroxylation sites is 1. The van der Waals surface area contributed by atoms with Gasteiger partial charge in [-0.3, -0.25) is 4.90 Å². The predicted octanol–water partition coefficient (Wildman–Crippen LogP) is 2.51. The molecule has 0 radical (unpaired) electrons. The van der Waals surface area contributed by atoms with E-state index in [0.717, 1.165) is 58.0 Å². The molecule has 0 unspecified atom stereocenters. The maximum absolute atomic E-state index is 12.3. The summed E-state index contributed by atoms with van der Waals surface area (Å²) in [4.78, 5) is 16.6. The van der Waals surface area contributed by atoms with Gasteiger partial charge in [-0.1, -0.05) is 18.2 Å². The average Bonchev–Trinajstić information content (AvgIpc) is 3.14. The number of fused-ring (bicyclic) bond motifs is 1. The van der Waals surface area contributed by atoms with Crippen LogP contribution in [0.25, 0.3) is 0 Å². The maximum atomic E-state index is 12.3. The topological polar surface area (TPSA) is 54.0 Å². The Balaban J connectivity index is 1.21. The van der Waals surface area contributed by atoms with Crippen LogP contribution >= 0.6 is 0 Å². The Morgan fingerprint density at radius 3 is 2.68 bits per heavy atom. The van der Waals surface area contributed by atoms with Gasteiger partial charge in [-0.15, -0.1) is 0 Å². The first-order chi connectivity index (χ1) is 12.3. The molecule has 0 bridgehead atoms. The van der Waals surface area contributed by atoms with Gasteiger partial charge in [0.2, 0.25) is 0 Å². The van der Waals surface area contributed by atoms with E-state index in [1.807, 2.05) is 23.1 Å². The second kappa shape index (κ2) is 7.72. The number of ether oxygens (including phenoxy) is 2. The van der Waals surface area contributed by atoms with Crippen LogP contribution in [0.4, 0.5) is 10.5 Å². The SMILES string of the molecule is O=C1Nc2ccccc2CN1CCC1CCN(CC2OCCO2)CC1. The minimum atomic E-state index is -0.0336. The van der Waals surface area contributed by atoms with Crippen molar-refractivity contribution in [1.29, 1.82) is 0 Å². The van der Waals surface area contributed by atoms with Crippen LogP contribution < -0.4 is 5.32 Å². The molecule has 6 nitrogen and oxygen atoms in total. The molecule has 1 aromatic rings. The zero-order chi connectivity index (χ0) is 17.1. The highest BCUT2D eigenvalue weighted by Gasteiger charge is 2.26. The number of rotatable bonds is 5. The fourth-order valence-electron chi connectivity index (χ4n) is 3.95. The van der Waals surface area contributed by atoms with E-state index in [2.05, 4.69) is 16.3 Å². The summed E-state index contributed by atoms with van der Waals surface area (Å²) >= 11 is 0. The van der Waals surface area contributed by atoms with Gasteiger partial charge in [0.05, 0.1) is 13.2 Å². The molecular formula is C19H27N3O3. The lowest BCUT2D eigenvalue weighted by molar-refractivity contribution is -0.0662. The van der Waals surface area contributed by atoms with Crippen LogP contribution in [0, 0.1) is 5.92 Å². The maximum Gasteiger partial charge on any atom is 0.322 e. The molecule has 0 aromatic heterocycles. The van der Waals surface area contributed by atoms with Crippen LogP contribution in [-0.2, 0) is 16.0 Å². The largest absolute Gasteiger partial charge is 0.349 e. The number of amides is 2. The van der Waals surface area contributed by atoms with E-state index in [0.29, 0.717) is 5.92 Å². The van der Waals surface area contributed by atoms with Crippen molar-refractivity contribution in [3.05, 3.63) is 29.8 Å². The van der Waals surface area contributed by atoms with Crippen molar-refractivity contribution in [2.75, 3.05) is 44.7 Å². The summed E-state index contributed by atoms with van der Waals surface area (Å²) in [5.74, 6) is 0.701. The third-order valence-corrected chi connectivity index (χ3v) is 5.52. The monoisotopic (exact) mass is 345 g/mol. The molecule has 3 aliphatic heterocycles. The number of carbonyl (C=O) groups is 1. The van der Waals surface area contributed by atoms with Gasteiger partial charge in [-0.05, 0) is 49.9 Å². The number of benzene rings is 1. The number of nitrogens with zero attached hydrogens (tertiary/aromatic N) is 2. The lowest BCUT2D eigenvalue weighted by Crippen LogP contribution is -2.42. The first-order valence-electron chi connectivity index (χ1n) is 9.37. The Labute approximate surface area is 149 Å². The summed E-state index contributed by atoms with van der Waals surface area (Å²) in [6.07, 6.45) is 3.44. The number of likely N-dealkylation sites (tertiary alicyclic amines) is 1. The molecule has 0 spiro atoms. The number of anilines is 1. The van der Waals surface area contributed by atoms with Gasteiger partial charge in [0, 0.05) is 25.3 Å². The standard InChI is InChI=1S/C19H27N3O3/c23-19-20-17-4-2-1-3-16(17)13-22(19)10-7-15-5-8-21(9-6-15)14-18-24-11-12-25-18/h1-4,15,18H,5-14H2,(H,20,23). The minimum Gasteiger partial charge on any atom is -0.349 e. The number of carbonyl (C=O) groups excluding carboxylic acids is 1. The van der Waals surface area contributed by atoms with Gasteiger partial charge in [-0.25, -0.2) is 4.79 Å².